The summed E-state index contributed by atoms with van der Waals surface area (Å²) in [7, 11) is 0. The Hall–Kier alpha value is -3.86. The fourth-order valence-corrected chi connectivity index (χ4v) is 3.18. The van der Waals surface area contributed by atoms with Crippen molar-refractivity contribution in [1.29, 1.82) is 0 Å². The molecule has 1 aromatic heterocycles. The van der Waals surface area contributed by atoms with Crippen LogP contribution in [0.15, 0.2) is 91.1 Å². The summed E-state index contributed by atoms with van der Waals surface area (Å²) in [5, 5.41) is 4.74. The number of carbonyl (C=O) groups excluding carboxylic acids is 1. The number of carbonyl (C=O) groups is 1. The summed E-state index contributed by atoms with van der Waals surface area (Å²) in [6.07, 6.45) is 2.09. The van der Waals surface area contributed by atoms with E-state index in [-0.39, 0.29) is 25.6 Å². The van der Waals surface area contributed by atoms with Gasteiger partial charge in [-0.3, -0.25) is 4.79 Å². The lowest BCUT2D eigenvalue weighted by Gasteiger charge is -2.07. The van der Waals surface area contributed by atoms with Gasteiger partial charge in [-0.2, -0.15) is 5.10 Å². The van der Waals surface area contributed by atoms with Gasteiger partial charge in [-0.15, -0.1) is 0 Å². The third-order valence-electron chi connectivity index (χ3n) is 4.84. The van der Waals surface area contributed by atoms with Crippen molar-refractivity contribution >= 4 is 5.97 Å². The number of nitrogens with zero attached hydrogens (tertiary/aromatic N) is 2. The zero-order valence-electron chi connectivity index (χ0n) is 17.4. The van der Waals surface area contributed by atoms with Crippen LogP contribution in [0.2, 0.25) is 0 Å². The lowest BCUT2D eigenvalue weighted by atomic mass is 10.1. The number of benzene rings is 3. The van der Waals surface area contributed by atoms with E-state index in [0.717, 1.165) is 33.8 Å². The summed E-state index contributed by atoms with van der Waals surface area (Å²) in [5.74, 6) is 0.437. The maximum Gasteiger partial charge on any atom is 0.309 e. The highest BCUT2D eigenvalue weighted by atomic mass is 16.5. The highest BCUT2D eigenvalue weighted by Gasteiger charge is 2.14. The van der Waals surface area contributed by atoms with Gasteiger partial charge >= 0.3 is 5.97 Å². The fraction of sp³-hybridized carbons (Fsp3) is 0.154. The number of aromatic nitrogens is 2. The molecule has 0 amide bonds. The molecule has 0 bridgehead atoms. The second-order valence-electron chi connectivity index (χ2n) is 7.22. The second kappa shape index (κ2) is 9.76. The number of ether oxygens (including phenoxy) is 2. The van der Waals surface area contributed by atoms with Gasteiger partial charge in [0, 0.05) is 17.3 Å². The van der Waals surface area contributed by atoms with Crippen LogP contribution in [0.3, 0.4) is 0 Å². The van der Waals surface area contributed by atoms with Gasteiger partial charge in [-0.25, -0.2) is 4.68 Å². The normalized spacial score (nSPS) is 10.6. The third-order valence-corrected chi connectivity index (χ3v) is 4.84. The molecule has 0 aliphatic heterocycles. The monoisotopic (exact) mass is 412 g/mol. The highest BCUT2D eigenvalue weighted by molar-refractivity contribution is 5.70. The Kier molecular flexibility index (Phi) is 6.43. The van der Waals surface area contributed by atoms with E-state index < -0.39 is 0 Å². The average Bonchev–Trinajstić information content (AvgIpc) is 3.25. The molecule has 0 radical (unpaired) electrons. The van der Waals surface area contributed by atoms with Crippen molar-refractivity contribution in [3.05, 3.63) is 102 Å². The van der Waals surface area contributed by atoms with E-state index in [2.05, 4.69) is 0 Å². The number of para-hydroxylation sites is 1. The molecule has 1 heterocycles. The van der Waals surface area contributed by atoms with Crippen molar-refractivity contribution < 1.29 is 14.3 Å². The van der Waals surface area contributed by atoms with E-state index >= 15 is 0 Å². The fourth-order valence-electron chi connectivity index (χ4n) is 3.18. The Morgan fingerprint density at radius 3 is 2.29 bits per heavy atom. The molecule has 5 nitrogen and oxygen atoms in total. The van der Waals surface area contributed by atoms with E-state index in [1.54, 1.807) is 0 Å². The van der Waals surface area contributed by atoms with Crippen molar-refractivity contribution in [3.63, 3.8) is 0 Å². The van der Waals surface area contributed by atoms with Gasteiger partial charge in [0.2, 0.25) is 0 Å². The topological polar surface area (TPSA) is 53.4 Å². The highest BCUT2D eigenvalue weighted by Crippen LogP contribution is 2.24. The zero-order valence-corrected chi connectivity index (χ0v) is 17.4. The van der Waals surface area contributed by atoms with E-state index in [1.807, 2.05) is 103 Å². The summed E-state index contributed by atoms with van der Waals surface area (Å²) in [4.78, 5) is 12.3. The summed E-state index contributed by atoms with van der Waals surface area (Å²) in [5.41, 5.74) is 4.74. The molecular formula is C26H24N2O3. The molecule has 0 fully saturated rings. The number of hydrogen-bond acceptors (Lipinski definition) is 4. The van der Waals surface area contributed by atoms with Gasteiger partial charge in [0.1, 0.15) is 12.4 Å². The predicted octanol–water partition coefficient (Wildman–Crippen LogP) is 5.36. The maximum absolute atomic E-state index is 12.3. The molecule has 0 aliphatic rings. The van der Waals surface area contributed by atoms with Crippen molar-refractivity contribution in [3.8, 4) is 22.7 Å². The molecule has 4 rings (SSSR count). The first-order valence-corrected chi connectivity index (χ1v) is 10.2. The summed E-state index contributed by atoms with van der Waals surface area (Å²) < 4.78 is 13.0. The lowest BCUT2D eigenvalue weighted by Crippen LogP contribution is -2.10. The van der Waals surface area contributed by atoms with E-state index in [4.69, 9.17) is 14.6 Å². The minimum Gasteiger partial charge on any atom is -0.493 e. The number of rotatable bonds is 8. The first kappa shape index (κ1) is 20.4. The molecule has 0 saturated carbocycles. The molecule has 0 N–H and O–H groups in total. The van der Waals surface area contributed by atoms with Crippen LogP contribution in [-0.4, -0.2) is 22.4 Å². The van der Waals surface area contributed by atoms with Gasteiger partial charge in [-0.05, 0) is 31.2 Å². The van der Waals surface area contributed by atoms with Gasteiger partial charge in [0.15, 0.2) is 0 Å². The minimum absolute atomic E-state index is 0.153. The summed E-state index contributed by atoms with van der Waals surface area (Å²) in [6, 6.07) is 27.5. The van der Waals surface area contributed by atoms with Crippen LogP contribution in [-0.2, 0) is 16.1 Å². The Morgan fingerprint density at radius 2 is 1.58 bits per heavy atom. The molecule has 0 saturated heterocycles. The van der Waals surface area contributed by atoms with E-state index in [1.165, 1.54) is 0 Å². The Balaban J connectivity index is 1.41. The average molecular weight is 412 g/mol. The Morgan fingerprint density at radius 1 is 0.903 bits per heavy atom. The molecule has 0 atom stereocenters. The third kappa shape index (κ3) is 5.39. The van der Waals surface area contributed by atoms with Gasteiger partial charge in [0.05, 0.1) is 24.4 Å². The summed E-state index contributed by atoms with van der Waals surface area (Å²) >= 11 is 0. The zero-order chi connectivity index (χ0) is 21.5. The molecule has 0 aliphatic carbocycles. The predicted molar refractivity (Wildman–Crippen MR) is 120 cm³/mol. The Bertz CT molecular complexity index is 1120. The van der Waals surface area contributed by atoms with Crippen LogP contribution in [0.4, 0.5) is 0 Å². The Labute approximate surface area is 181 Å². The van der Waals surface area contributed by atoms with Crippen LogP contribution < -0.4 is 4.74 Å². The molecule has 4 aromatic rings. The molecule has 3 aromatic carbocycles. The lowest BCUT2D eigenvalue weighted by molar-refractivity contribution is -0.145. The SMILES string of the molecule is Cc1ccc(OCCC(=O)OCc2cn(-c3ccccc3)nc2-c2ccccc2)cc1. The van der Waals surface area contributed by atoms with E-state index in [0.29, 0.717) is 0 Å². The molecule has 156 valence electrons. The van der Waals surface area contributed by atoms with Gasteiger partial charge in [-0.1, -0.05) is 66.2 Å². The summed E-state index contributed by atoms with van der Waals surface area (Å²) in [6.45, 7) is 2.45. The van der Waals surface area contributed by atoms with Crippen molar-refractivity contribution in [2.24, 2.45) is 0 Å². The van der Waals surface area contributed by atoms with Crippen molar-refractivity contribution in [1.82, 2.24) is 9.78 Å². The first-order chi connectivity index (χ1) is 15.2. The van der Waals surface area contributed by atoms with Crippen molar-refractivity contribution in [2.75, 3.05) is 6.61 Å². The second-order valence-corrected chi connectivity index (χ2v) is 7.22. The smallest absolute Gasteiger partial charge is 0.309 e. The molecular weight excluding hydrogens is 388 g/mol. The molecule has 31 heavy (non-hydrogen) atoms. The van der Waals surface area contributed by atoms with Gasteiger partial charge in [0.25, 0.3) is 0 Å². The van der Waals surface area contributed by atoms with Crippen LogP contribution >= 0.6 is 0 Å². The van der Waals surface area contributed by atoms with Crippen molar-refractivity contribution in [2.45, 2.75) is 20.0 Å². The molecule has 0 unspecified atom stereocenters. The van der Waals surface area contributed by atoms with Crippen LogP contribution in [0.25, 0.3) is 16.9 Å². The van der Waals surface area contributed by atoms with Crippen LogP contribution in [0.5, 0.6) is 5.75 Å². The van der Waals surface area contributed by atoms with Gasteiger partial charge < -0.3 is 9.47 Å². The number of aryl methyl sites for hydroxylation is 1. The van der Waals surface area contributed by atoms with Crippen LogP contribution in [0.1, 0.15) is 17.5 Å². The molecule has 5 heteroatoms. The first-order valence-electron chi connectivity index (χ1n) is 10.2. The number of hydrogen-bond donors (Lipinski definition) is 0. The largest absolute Gasteiger partial charge is 0.493 e. The van der Waals surface area contributed by atoms with E-state index in [9.17, 15) is 4.79 Å². The quantitative estimate of drug-likeness (QED) is 0.366. The maximum atomic E-state index is 12.3. The minimum atomic E-state index is -0.307. The number of esters is 1. The molecule has 0 spiro atoms. The van der Waals surface area contributed by atoms with Crippen LogP contribution in [0, 0.1) is 6.92 Å². The standard InChI is InChI=1S/C26H24N2O3/c1-20-12-14-24(15-13-20)30-17-16-25(29)31-19-22-18-28(23-10-6-3-7-11-23)27-26(22)21-8-4-2-5-9-21/h2-15,18H,16-17,19H2,1H3.